The van der Waals surface area contributed by atoms with E-state index in [1.807, 2.05) is 30.3 Å². The van der Waals surface area contributed by atoms with Gasteiger partial charge in [-0.05, 0) is 31.5 Å². The van der Waals surface area contributed by atoms with Crippen molar-refractivity contribution in [2.45, 2.75) is 32.4 Å². The SMILES string of the molecule is CCC(O)(C(=O)O)c1cc2n(c(=O)c1C)Cc1cc3ccccc3nc1-2. The number of carbonyl (C=O) groups is 1. The van der Waals surface area contributed by atoms with Crippen LogP contribution in [0.15, 0.2) is 41.2 Å². The molecule has 1 unspecified atom stereocenters. The quantitative estimate of drug-likeness (QED) is 0.592. The van der Waals surface area contributed by atoms with Crippen LogP contribution in [0, 0.1) is 6.92 Å². The Kier molecular flexibility index (Phi) is 3.49. The molecule has 1 aliphatic heterocycles. The number of fused-ring (bicyclic) bond motifs is 4. The lowest BCUT2D eigenvalue weighted by molar-refractivity contribution is -0.160. The van der Waals surface area contributed by atoms with E-state index < -0.39 is 11.6 Å². The molecule has 0 radical (unpaired) electrons. The number of carboxylic acids is 1. The number of benzene rings is 1. The fraction of sp³-hybridized carbons (Fsp3) is 0.250. The molecule has 6 heteroatoms. The largest absolute Gasteiger partial charge is 0.479 e. The van der Waals surface area contributed by atoms with Crippen LogP contribution in [0.5, 0.6) is 0 Å². The summed E-state index contributed by atoms with van der Waals surface area (Å²) < 4.78 is 1.59. The topological polar surface area (TPSA) is 92.4 Å². The summed E-state index contributed by atoms with van der Waals surface area (Å²) in [5.74, 6) is -1.36. The van der Waals surface area contributed by atoms with E-state index >= 15 is 0 Å². The second-order valence-electron chi connectivity index (χ2n) is 6.67. The fourth-order valence-electron chi connectivity index (χ4n) is 3.66. The summed E-state index contributed by atoms with van der Waals surface area (Å²) >= 11 is 0. The third kappa shape index (κ3) is 2.12. The van der Waals surface area contributed by atoms with E-state index in [1.54, 1.807) is 24.5 Å². The molecule has 0 saturated carbocycles. The summed E-state index contributed by atoms with van der Waals surface area (Å²) in [6.45, 7) is 3.53. The molecule has 0 fully saturated rings. The summed E-state index contributed by atoms with van der Waals surface area (Å²) in [6.07, 6.45) is -0.0376. The molecule has 3 heterocycles. The molecule has 0 aliphatic carbocycles. The van der Waals surface area contributed by atoms with E-state index in [0.717, 1.165) is 16.5 Å². The minimum atomic E-state index is -2.10. The van der Waals surface area contributed by atoms with Crippen molar-refractivity contribution in [1.82, 2.24) is 9.55 Å². The monoisotopic (exact) mass is 350 g/mol. The minimum absolute atomic E-state index is 0.0376. The highest BCUT2D eigenvalue weighted by Gasteiger charge is 2.39. The number of hydrogen-bond acceptors (Lipinski definition) is 4. The fourth-order valence-corrected chi connectivity index (χ4v) is 3.66. The van der Waals surface area contributed by atoms with E-state index in [9.17, 15) is 19.8 Å². The van der Waals surface area contributed by atoms with Gasteiger partial charge in [0.2, 0.25) is 0 Å². The van der Waals surface area contributed by atoms with Crippen LogP contribution in [-0.4, -0.2) is 25.7 Å². The van der Waals surface area contributed by atoms with E-state index in [0.29, 0.717) is 17.9 Å². The summed E-state index contributed by atoms with van der Waals surface area (Å²) in [5.41, 5.74) is 0.900. The van der Waals surface area contributed by atoms with Crippen molar-refractivity contribution in [3.05, 3.63) is 63.4 Å². The van der Waals surface area contributed by atoms with Gasteiger partial charge in [-0.2, -0.15) is 0 Å². The summed E-state index contributed by atoms with van der Waals surface area (Å²) in [5, 5.41) is 21.2. The van der Waals surface area contributed by atoms with E-state index in [4.69, 9.17) is 0 Å². The molecule has 0 bridgehead atoms. The Labute approximate surface area is 149 Å². The zero-order chi connectivity index (χ0) is 18.6. The van der Waals surface area contributed by atoms with Gasteiger partial charge in [0.05, 0.1) is 23.4 Å². The average molecular weight is 350 g/mol. The molecule has 4 rings (SSSR count). The van der Waals surface area contributed by atoms with E-state index in [1.165, 1.54) is 0 Å². The summed E-state index contributed by atoms with van der Waals surface area (Å²) in [7, 11) is 0. The highest BCUT2D eigenvalue weighted by Crippen LogP contribution is 2.35. The second-order valence-corrected chi connectivity index (χ2v) is 6.67. The van der Waals surface area contributed by atoms with Crippen LogP contribution in [0.1, 0.15) is 30.0 Å². The lowest BCUT2D eigenvalue weighted by Gasteiger charge is -2.24. The molecule has 1 atom stereocenters. The van der Waals surface area contributed by atoms with Crippen molar-refractivity contribution >= 4 is 16.9 Å². The molecule has 0 spiro atoms. The molecule has 26 heavy (non-hydrogen) atoms. The van der Waals surface area contributed by atoms with Crippen molar-refractivity contribution < 1.29 is 15.0 Å². The maximum Gasteiger partial charge on any atom is 0.340 e. The van der Waals surface area contributed by atoms with Crippen LogP contribution in [0.3, 0.4) is 0 Å². The molecular formula is C20H18N2O4. The molecule has 2 aromatic heterocycles. The number of rotatable bonds is 3. The highest BCUT2D eigenvalue weighted by atomic mass is 16.4. The lowest BCUT2D eigenvalue weighted by atomic mass is 9.88. The minimum Gasteiger partial charge on any atom is -0.479 e. The third-order valence-corrected chi connectivity index (χ3v) is 5.23. The Morgan fingerprint density at radius 1 is 1.31 bits per heavy atom. The zero-order valence-electron chi connectivity index (χ0n) is 14.5. The van der Waals surface area contributed by atoms with Gasteiger partial charge in [-0.1, -0.05) is 25.1 Å². The maximum atomic E-state index is 12.9. The van der Waals surface area contributed by atoms with Crippen molar-refractivity contribution in [2.24, 2.45) is 0 Å². The molecule has 1 aromatic carbocycles. The second kappa shape index (κ2) is 5.51. The Hall–Kier alpha value is -2.99. The molecule has 0 saturated heterocycles. The third-order valence-electron chi connectivity index (χ3n) is 5.23. The highest BCUT2D eigenvalue weighted by molar-refractivity contribution is 5.85. The van der Waals surface area contributed by atoms with Gasteiger partial charge in [-0.25, -0.2) is 9.78 Å². The van der Waals surface area contributed by atoms with Crippen LogP contribution < -0.4 is 5.56 Å². The summed E-state index contributed by atoms with van der Waals surface area (Å²) in [4.78, 5) is 29.2. The van der Waals surface area contributed by atoms with Gasteiger partial charge in [0.1, 0.15) is 0 Å². The molecular weight excluding hydrogens is 332 g/mol. The molecule has 132 valence electrons. The Morgan fingerprint density at radius 2 is 2.04 bits per heavy atom. The van der Waals surface area contributed by atoms with Gasteiger partial charge in [0.25, 0.3) is 5.56 Å². The molecule has 1 aliphatic rings. The number of aliphatic hydroxyl groups is 1. The predicted molar refractivity (Wildman–Crippen MR) is 97.1 cm³/mol. The van der Waals surface area contributed by atoms with Crippen LogP contribution in [0.25, 0.3) is 22.3 Å². The van der Waals surface area contributed by atoms with Gasteiger partial charge < -0.3 is 14.8 Å². The molecule has 0 amide bonds. The first kappa shape index (κ1) is 16.5. The Bertz CT molecular complexity index is 1130. The van der Waals surface area contributed by atoms with Gasteiger partial charge in [0, 0.05) is 22.1 Å². The Morgan fingerprint density at radius 3 is 2.73 bits per heavy atom. The van der Waals surface area contributed by atoms with Crippen molar-refractivity contribution in [2.75, 3.05) is 0 Å². The number of aromatic nitrogens is 2. The standard InChI is InChI=1S/C20H18N2O4/c1-3-20(26,19(24)25)14-9-16-17-13(10-22(16)18(23)11(14)2)8-12-6-4-5-7-15(12)21-17/h4-9,26H,3,10H2,1-2H3,(H,24,25). The number of nitrogens with zero attached hydrogens (tertiary/aromatic N) is 2. The van der Waals surface area contributed by atoms with Gasteiger partial charge >= 0.3 is 5.97 Å². The number of para-hydroxylation sites is 1. The first-order valence-electron chi connectivity index (χ1n) is 8.46. The predicted octanol–water partition coefficient (Wildman–Crippen LogP) is 2.42. The van der Waals surface area contributed by atoms with Crippen LogP contribution in [0.4, 0.5) is 0 Å². The molecule has 3 aromatic rings. The van der Waals surface area contributed by atoms with Crippen molar-refractivity contribution in [1.29, 1.82) is 0 Å². The number of carboxylic acid groups (broad SMARTS) is 1. The smallest absolute Gasteiger partial charge is 0.340 e. The number of aliphatic carboxylic acids is 1. The molecule has 6 nitrogen and oxygen atoms in total. The average Bonchev–Trinajstić information content (AvgIpc) is 2.99. The van der Waals surface area contributed by atoms with Gasteiger partial charge in [-0.15, -0.1) is 0 Å². The zero-order valence-corrected chi connectivity index (χ0v) is 14.5. The normalized spacial score (nSPS) is 14.7. The van der Waals surface area contributed by atoms with Crippen LogP contribution in [0.2, 0.25) is 0 Å². The number of hydrogen-bond donors (Lipinski definition) is 2. The summed E-state index contributed by atoms with van der Waals surface area (Å²) in [6, 6.07) is 11.3. The van der Waals surface area contributed by atoms with Gasteiger partial charge in [0.15, 0.2) is 5.60 Å². The van der Waals surface area contributed by atoms with E-state index in [2.05, 4.69) is 4.98 Å². The number of pyridine rings is 2. The van der Waals surface area contributed by atoms with Crippen LogP contribution in [-0.2, 0) is 16.9 Å². The maximum absolute atomic E-state index is 12.9. The Balaban J connectivity index is 2.02. The molecule has 2 N–H and O–H groups in total. The van der Waals surface area contributed by atoms with Gasteiger partial charge in [-0.3, -0.25) is 4.79 Å². The van der Waals surface area contributed by atoms with Crippen molar-refractivity contribution in [3.8, 4) is 11.4 Å². The van der Waals surface area contributed by atoms with E-state index in [-0.39, 0.29) is 23.1 Å². The first-order chi connectivity index (χ1) is 12.4. The lowest BCUT2D eigenvalue weighted by Crippen LogP contribution is -2.38. The van der Waals surface area contributed by atoms with Crippen LogP contribution >= 0.6 is 0 Å². The first-order valence-corrected chi connectivity index (χ1v) is 8.46. The van der Waals surface area contributed by atoms with Crippen molar-refractivity contribution in [3.63, 3.8) is 0 Å².